The summed E-state index contributed by atoms with van der Waals surface area (Å²) < 4.78 is 11.3. The zero-order valence-electron chi connectivity index (χ0n) is 14.7. The third-order valence-corrected chi connectivity index (χ3v) is 5.12. The summed E-state index contributed by atoms with van der Waals surface area (Å²) in [5, 5.41) is 2.30. The van der Waals surface area contributed by atoms with Gasteiger partial charge in [0.25, 0.3) is 5.91 Å². The molecule has 3 amide bonds. The van der Waals surface area contributed by atoms with E-state index in [2.05, 4.69) is 5.32 Å². The number of nitrogens with two attached hydrogens (primary N) is 1. The van der Waals surface area contributed by atoms with Gasteiger partial charge in [-0.25, -0.2) is 0 Å². The second-order valence-electron chi connectivity index (χ2n) is 6.90. The summed E-state index contributed by atoms with van der Waals surface area (Å²) in [6, 6.07) is 4.53. The maximum Gasteiger partial charge on any atom is 0.255 e. The number of carbonyl (C=O) groups excluding carboxylic acids is 3. The number of benzene rings is 1. The highest BCUT2D eigenvalue weighted by Crippen LogP contribution is 2.30. The van der Waals surface area contributed by atoms with Crippen LogP contribution in [0.15, 0.2) is 18.2 Å². The first-order valence-corrected chi connectivity index (χ1v) is 8.80. The van der Waals surface area contributed by atoms with Gasteiger partial charge in [0.15, 0.2) is 0 Å². The number of fused-ring (bicyclic) bond motifs is 1. The number of amides is 3. The van der Waals surface area contributed by atoms with E-state index in [9.17, 15) is 14.4 Å². The van der Waals surface area contributed by atoms with Crippen LogP contribution in [0.5, 0.6) is 5.75 Å². The van der Waals surface area contributed by atoms with Crippen molar-refractivity contribution in [3.63, 3.8) is 0 Å². The number of imide groups is 1. The van der Waals surface area contributed by atoms with Gasteiger partial charge in [0.05, 0.1) is 19.3 Å². The average molecular weight is 396 g/mol. The number of piperidine rings is 1. The Balaban J connectivity index is 0.00000210. The highest BCUT2D eigenvalue weighted by Gasteiger charge is 2.39. The molecule has 1 unspecified atom stereocenters. The first kappa shape index (κ1) is 19.6. The number of carbonyl (C=O) groups is 3. The fraction of sp³-hybridized carbons (Fsp3) is 0.500. The van der Waals surface area contributed by atoms with Crippen LogP contribution in [-0.4, -0.2) is 54.0 Å². The van der Waals surface area contributed by atoms with Crippen molar-refractivity contribution in [2.75, 3.05) is 13.2 Å². The minimum absolute atomic E-state index is 0. The molecule has 1 aromatic carbocycles. The molecule has 0 bridgehead atoms. The van der Waals surface area contributed by atoms with Crippen molar-refractivity contribution in [2.24, 2.45) is 5.73 Å². The molecule has 0 aliphatic carbocycles. The molecule has 146 valence electrons. The van der Waals surface area contributed by atoms with Crippen molar-refractivity contribution < 1.29 is 23.9 Å². The normalized spacial score (nSPS) is 27.7. The average Bonchev–Trinajstić information content (AvgIpc) is 2.93. The molecule has 27 heavy (non-hydrogen) atoms. The summed E-state index contributed by atoms with van der Waals surface area (Å²) in [5.74, 6) is -0.237. The van der Waals surface area contributed by atoms with Crippen LogP contribution < -0.4 is 15.8 Å². The quantitative estimate of drug-likeness (QED) is 0.715. The van der Waals surface area contributed by atoms with Gasteiger partial charge in [-0.1, -0.05) is 0 Å². The number of hydrogen-bond acceptors (Lipinski definition) is 6. The lowest BCUT2D eigenvalue weighted by Crippen LogP contribution is -2.52. The van der Waals surface area contributed by atoms with E-state index in [0.29, 0.717) is 37.5 Å². The molecule has 2 fully saturated rings. The summed E-state index contributed by atoms with van der Waals surface area (Å²) >= 11 is 0. The van der Waals surface area contributed by atoms with Gasteiger partial charge in [-0.2, -0.15) is 0 Å². The Bertz CT molecular complexity index is 771. The summed E-state index contributed by atoms with van der Waals surface area (Å²) in [5.41, 5.74) is 7.41. The largest absolute Gasteiger partial charge is 0.489 e. The molecule has 3 aliphatic rings. The van der Waals surface area contributed by atoms with Gasteiger partial charge in [0, 0.05) is 24.9 Å². The standard InChI is InChI=1S/C18H21N3O5.ClH/c19-13-9-25-6-5-15(13)26-11-1-2-12-10(7-11)8-21(18(12)24)14-3-4-16(22)20-17(14)23;/h1-2,7,13-15H,3-6,8-9,19H2,(H,20,22,23);1H/t13-,14?,15-;/m0./s1. The van der Waals surface area contributed by atoms with Gasteiger partial charge in [-0.05, 0) is 30.2 Å². The monoisotopic (exact) mass is 395 g/mol. The van der Waals surface area contributed by atoms with Crippen LogP contribution in [-0.2, 0) is 20.9 Å². The Labute approximate surface area is 162 Å². The second kappa shape index (κ2) is 7.84. The first-order chi connectivity index (χ1) is 12.5. The number of halogens is 1. The predicted octanol–water partition coefficient (Wildman–Crippen LogP) is 0.364. The van der Waals surface area contributed by atoms with E-state index in [1.165, 1.54) is 4.90 Å². The minimum Gasteiger partial charge on any atom is -0.489 e. The van der Waals surface area contributed by atoms with Crippen LogP contribution in [0.3, 0.4) is 0 Å². The highest BCUT2D eigenvalue weighted by atomic mass is 35.5. The maximum absolute atomic E-state index is 12.7. The summed E-state index contributed by atoms with van der Waals surface area (Å²) in [6.45, 7) is 1.42. The Morgan fingerprint density at radius 2 is 2.04 bits per heavy atom. The van der Waals surface area contributed by atoms with E-state index in [1.54, 1.807) is 12.1 Å². The molecule has 0 radical (unpaired) electrons. The van der Waals surface area contributed by atoms with E-state index < -0.39 is 11.9 Å². The van der Waals surface area contributed by atoms with E-state index in [4.69, 9.17) is 15.2 Å². The molecule has 3 aliphatic heterocycles. The third kappa shape index (κ3) is 3.78. The van der Waals surface area contributed by atoms with Gasteiger partial charge < -0.3 is 20.1 Å². The van der Waals surface area contributed by atoms with Crippen LogP contribution in [0.2, 0.25) is 0 Å². The topological polar surface area (TPSA) is 111 Å². The van der Waals surface area contributed by atoms with Gasteiger partial charge in [0.1, 0.15) is 17.9 Å². The van der Waals surface area contributed by atoms with Gasteiger partial charge >= 0.3 is 0 Å². The Kier molecular flexibility index (Phi) is 5.69. The van der Waals surface area contributed by atoms with E-state index in [-0.39, 0.29) is 42.8 Å². The molecule has 0 spiro atoms. The van der Waals surface area contributed by atoms with Crippen LogP contribution in [0.25, 0.3) is 0 Å². The summed E-state index contributed by atoms with van der Waals surface area (Å²) in [4.78, 5) is 37.6. The summed E-state index contributed by atoms with van der Waals surface area (Å²) in [7, 11) is 0. The van der Waals surface area contributed by atoms with Crippen LogP contribution in [0, 0.1) is 0 Å². The van der Waals surface area contributed by atoms with Crippen molar-refractivity contribution in [1.82, 2.24) is 10.2 Å². The van der Waals surface area contributed by atoms with Crippen LogP contribution in [0.4, 0.5) is 0 Å². The first-order valence-electron chi connectivity index (χ1n) is 8.80. The van der Waals surface area contributed by atoms with E-state index in [1.807, 2.05) is 6.07 Å². The third-order valence-electron chi connectivity index (χ3n) is 5.12. The van der Waals surface area contributed by atoms with E-state index >= 15 is 0 Å². The zero-order chi connectivity index (χ0) is 18.3. The Hall–Kier alpha value is -2.16. The number of rotatable bonds is 3. The molecule has 0 aromatic heterocycles. The van der Waals surface area contributed by atoms with Crippen molar-refractivity contribution in [3.05, 3.63) is 29.3 Å². The van der Waals surface area contributed by atoms with Crippen LogP contribution in [0.1, 0.15) is 35.2 Å². The predicted molar refractivity (Wildman–Crippen MR) is 97.6 cm³/mol. The smallest absolute Gasteiger partial charge is 0.255 e. The fourth-order valence-corrected chi connectivity index (χ4v) is 3.69. The minimum atomic E-state index is -0.610. The highest BCUT2D eigenvalue weighted by molar-refractivity contribution is 6.05. The molecule has 3 atom stereocenters. The van der Waals surface area contributed by atoms with Crippen molar-refractivity contribution in [1.29, 1.82) is 0 Å². The lowest BCUT2D eigenvalue weighted by Gasteiger charge is -2.29. The number of hydrogen-bond donors (Lipinski definition) is 2. The Morgan fingerprint density at radius 1 is 1.22 bits per heavy atom. The molecular weight excluding hydrogens is 374 g/mol. The van der Waals surface area contributed by atoms with Crippen molar-refractivity contribution in [3.8, 4) is 5.75 Å². The summed E-state index contributed by atoms with van der Waals surface area (Å²) in [6.07, 6.45) is 1.20. The van der Waals surface area contributed by atoms with Gasteiger partial charge in [0.2, 0.25) is 11.8 Å². The molecule has 0 saturated carbocycles. The zero-order valence-corrected chi connectivity index (χ0v) is 15.5. The molecule has 3 N–H and O–H groups in total. The number of nitrogens with zero attached hydrogens (tertiary/aromatic N) is 1. The van der Waals surface area contributed by atoms with E-state index in [0.717, 1.165) is 12.0 Å². The molecule has 3 heterocycles. The number of nitrogens with one attached hydrogen (secondary N) is 1. The Morgan fingerprint density at radius 3 is 2.78 bits per heavy atom. The maximum atomic E-state index is 12.7. The number of ether oxygens (including phenoxy) is 2. The van der Waals surface area contributed by atoms with Gasteiger partial charge in [-0.15, -0.1) is 12.4 Å². The molecule has 4 rings (SSSR count). The molecule has 1 aromatic rings. The van der Waals surface area contributed by atoms with Crippen molar-refractivity contribution >= 4 is 30.1 Å². The molecule has 8 nitrogen and oxygen atoms in total. The lowest BCUT2D eigenvalue weighted by atomic mass is 10.0. The fourth-order valence-electron chi connectivity index (χ4n) is 3.69. The SMILES string of the molecule is Cl.N[C@H]1COCC[C@@H]1Oc1ccc2c(c1)CN(C1CCC(=O)NC1=O)C2=O. The molecule has 2 saturated heterocycles. The molecule has 9 heteroatoms. The second-order valence-corrected chi connectivity index (χ2v) is 6.90. The molecular formula is C18H22ClN3O5. The lowest BCUT2D eigenvalue weighted by molar-refractivity contribution is -0.136. The van der Waals surface area contributed by atoms with Gasteiger partial charge in [-0.3, -0.25) is 19.7 Å². The van der Waals surface area contributed by atoms with Crippen molar-refractivity contribution in [2.45, 2.75) is 44.0 Å². The van der Waals surface area contributed by atoms with Crippen LogP contribution >= 0.6 is 12.4 Å².